The highest BCUT2D eigenvalue weighted by atomic mass is 14.9. The first kappa shape index (κ1) is 18.1. The van der Waals surface area contributed by atoms with Gasteiger partial charge in [0, 0.05) is 42.0 Å². The first-order chi connectivity index (χ1) is 13.8. The lowest BCUT2D eigenvalue weighted by atomic mass is 10.1. The van der Waals surface area contributed by atoms with Crippen molar-refractivity contribution in [2.24, 2.45) is 0 Å². The average molecular weight is 367 g/mol. The molecule has 4 rings (SSSR count). The van der Waals surface area contributed by atoms with Crippen molar-refractivity contribution in [2.75, 3.05) is 0 Å². The standard InChI is InChI=1S/C26H26N2/c1-2-7-22-10-6-11-26(20-22)28-18-14-25(15-19-28)24-12-16-27(17-13-24)21-23-8-4-3-5-9-23/h3-6,8-20H,2,7,21H2,1H3/q+2. The molecule has 2 aromatic heterocycles. The Morgan fingerprint density at radius 1 is 0.643 bits per heavy atom. The van der Waals surface area contributed by atoms with Gasteiger partial charge in [-0.25, -0.2) is 4.57 Å². The molecule has 0 saturated carbocycles. The van der Waals surface area contributed by atoms with Gasteiger partial charge < -0.3 is 0 Å². The Labute approximate surface area is 167 Å². The number of rotatable bonds is 6. The van der Waals surface area contributed by atoms with Crippen molar-refractivity contribution in [3.8, 4) is 16.8 Å². The Balaban J connectivity index is 1.50. The van der Waals surface area contributed by atoms with Crippen LogP contribution in [0.3, 0.4) is 0 Å². The summed E-state index contributed by atoms with van der Waals surface area (Å²) in [6, 6.07) is 28.1. The first-order valence-electron chi connectivity index (χ1n) is 9.96. The third kappa shape index (κ3) is 4.34. The molecule has 2 nitrogen and oxygen atoms in total. The molecular weight excluding hydrogens is 340 g/mol. The topological polar surface area (TPSA) is 7.76 Å². The van der Waals surface area contributed by atoms with Crippen molar-refractivity contribution in [2.45, 2.75) is 26.3 Å². The normalized spacial score (nSPS) is 10.8. The van der Waals surface area contributed by atoms with Gasteiger partial charge in [0.25, 0.3) is 0 Å². The average Bonchev–Trinajstić information content (AvgIpc) is 2.76. The summed E-state index contributed by atoms with van der Waals surface area (Å²) < 4.78 is 4.39. The van der Waals surface area contributed by atoms with E-state index in [1.54, 1.807) is 0 Å². The summed E-state index contributed by atoms with van der Waals surface area (Å²) in [6.45, 7) is 3.11. The highest BCUT2D eigenvalue weighted by molar-refractivity contribution is 5.61. The summed E-state index contributed by atoms with van der Waals surface area (Å²) in [7, 11) is 0. The van der Waals surface area contributed by atoms with E-state index in [2.05, 4.69) is 120 Å². The molecule has 138 valence electrons. The molecule has 0 N–H and O–H groups in total. The van der Waals surface area contributed by atoms with Gasteiger partial charge in [-0.1, -0.05) is 55.8 Å². The van der Waals surface area contributed by atoms with Crippen LogP contribution in [0.5, 0.6) is 0 Å². The molecule has 0 saturated heterocycles. The van der Waals surface area contributed by atoms with Crippen LogP contribution in [0.2, 0.25) is 0 Å². The number of aromatic nitrogens is 2. The smallest absolute Gasteiger partial charge is 0.201 e. The van der Waals surface area contributed by atoms with Crippen LogP contribution in [0.4, 0.5) is 0 Å². The number of hydrogen-bond acceptors (Lipinski definition) is 0. The Morgan fingerprint density at radius 3 is 1.96 bits per heavy atom. The lowest BCUT2D eigenvalue weighted by Crippen LogP contribution is -2.33. The van der Waals surface area contributed by atoms with Gasteiger partial charge in [0.1, 0.15) is 0 Å². The molecule has 2 heterocycles. The van der Waals surface area contributed by atoms with Crippen LogP contribution in [0.15, 0.2) is 104 Å². The van der Waals surface area contributed by atoms with Crippen molar-refractivity contribution in [1.29, 1.82) is 0 Å². The number of benzene rings is 2. The lowest BCUT2D eigenvalue weighted by Gasteiger charge is -2.03. The summed E-state index contributed by atoms with van der Waals surface area (Å²) >= 11 is 0. The molecule has 4 aromatic rings. The summed E-state index contributed by atoms with van der Waals surface area (Å²) in [6.07, 6.45) is 10.9. The van der Waals surface area contributed by atoms with Gasteiger partial charge in [0.2, 0.25) is 5.69 Å². The van der Waals surface area contributed by atoms with Crippen molar-refractivity contribution in [3.63, 3.8) is 0 Å². The van der Waals surface area contributed by atoms with Gasteiger partial charge in [-0.3, -0.25) is 0 Å². The SMILES string of the molecule is CCCc1cccc(-[n+]2ccc(-c3cc[n+](Cc4ccccc4)cc3)cc2)c1. The highest BCUT2D eigenvalue weighted by Crippen LogP contribution is 2.16. The number of aryl methyl sites for hydroxylation is 1. The van der Waals surface area contributed by atoms with E-state index in [1.165, 1.54) is 34.4 Å². The van der Waals surface area contributed by atoms with Gasteiger partial charge in [-0.05, 0) is 23.1 Å². The van der Waals surface area contributed by atoms with Crippen LogP contribution < -0.4 is 9.13 Å². The fraction of sp³-hybridized carbons (Fsp3) is 0.154. The molecule has 0 spiro atoms. The van der Waals surface area contributed by atoms with E-state index < -0.39 is 0 Å². The molecule has 0 aliphatic heterocycles. The van der Waals surface area contributed by atoms with E-state index in [1.807, 2.05) is 0 Å². The predicted octanol–water partition coefficient (Wildman–Crippen LogP) is 4.92. The van der Waals surface area contributed by atoms with Gasteiger partial charge in [-0.2, -0.15) is 4.57 Å². The fourth-order valence-electron chi connectivity index (χ4n) is 3.50. The second-order valence-corrected chi connectivity index (χ2v) is 7.16. The third-order valence-corrected chi connectivity index (χ3v) is 5.01. The second kappa shape index (κ2) is 8.62. The maximum Gasteiger partial charge on any atom is 0.210 e. The molecule has 0 radical (unpaired) electrons. The zero-order chi connectivity index (χ0) is 19.2. The molecule has 0 aliphatic carbocycles. The summed E-state index contributed by atoms with van der Waals surface area (Å²) in [5.74, 6) is 0. The highest BCUT2D eigenvalue weighted by Gasteiger charge is 2.09. The molecule has 0 unspecified atom stereocenters. The minimum Gasteiger partial charge on any atom is -0.201 e. The molecule has 2 heteroatoms. The molecule has 0 fully saturated rings. The first-order valence-corrected chi connectivity index (χ1v) is 9.96. The predicted molar refractivity (Wildman–Crippen MR) is 113 cm³/mol. The lowest BCUT2D eigenvalue weighted by molar-refractivity contribution is -0.688. The van der Waals surface area contributed by atoms with Crippen molar-refractivity contribution in [3.05, 3.63) is 115 Å². The molecule has 0 atom stereocenters. The zero-order valence-electron chi connectivity index (χ0n) is 16.3. The summed E-state index contributed by atoms with van der Waals surface area (Å²) in [5.41, 5.74) is 6.38. The molecule has 0 bridgehead atoms. The van der Waals surface area contributed by atoms with E-state index in [-0.39, 0.29) is 0 Å². The van der Waals surface area contributed by atoms with Crippen LogP contribution >= 0.6 is 0 Å². The number of nitrogens with zero attached hydrogens (tertiary/aromatic N) is 2. The van der Waals surface area contributed by atoms with E-state index in [0.29, 0.717) is 0 Å². The Kier molecular flexibility index (Phi) is 5.58. The van der Waals surface area contributed by atoms with Crippen molar-refractivity contribution < 1.29 is 9.13 Å². The van der Waals surface area contributed by atoms with Crippen molar-refractivity contribution >= 4 is 0 Å². The fourth-order valence-corrected chi connectivity index (χ4v) is 3.50. The van der Waals surface area contributed by atoms with Crippen LogP contribution in [0, 0.1) is 0 Å². The Hall–Kier alpha value is -3.26. The quantitative estimate of drug-likeness (QED) is 0.428. The number of pyridine rings is 2. The Morgan fingerprint density at radius 2 is 1.29 bits per heavy atom. The van der Waals surface area contributed by atoms with Crippen LogP contribution in [0.25, 0.3) is 16.8 Å². The van der Waals surface area contributed by atoms with E-state index >= 15 is 0 Å². The maximum absolute atomic E-state index is 2.28. The molecule has 0 amide bonds. The summed E-state index contributed by atoms with van der Waals surface area (Å²) in [4.78, 5) is 0. The maximum atomic E-state index is 2.28. The minimum atomic E-state index is 0.893. The zero-order valence-corrected chi connectivity index (χ0v) is 16.3. The summed E-state index contributed by atoms with van der Waals surface area (Å²) in [5, 5.41) is 0. The number of hydrogen-bond donors (Lipinski definition) is 0. The van der Waals surface area contributed by atoms with Crippen LogP contribution in [-0.2, 0) is 13.0 Å². The van der Waals surface area contributed by atoms with Gasteiger partial charge >= 0.3 is 0 Å². The van der Waals surface area contributed by atoms with Gasteiger partial charge in [0.05, 0.1) is 0 Å². The van der Waals surface area contributed by atoms with Crippen molar-refractivity contribution in [1.82, 2.24) is 0 Å². The Bertz CT molecular complexity index is 1020. The molecule has 28 heavy (non-hydrogen) atoms. The van der Waals surface area contributed by atoms with E-state index in [0.717, 1.165) is 13.0 Å². The molecule has 2 aromatic carbocycles. The van der Waals surface area contributed by atoms with Gasteiger partial charge in [0.15, 0.2) is 31.3 Å². The third-order valence-electron chi connectivity index (χ3n) is 5.01. The molecule has 0 aliphatic rings. The second-order valence-electron chi connectivity index (χ2n) is 7.16. The monoisotopic (exact) mass is 366 g/mol. The van der Waals surface area contributed by atoms with Crippen LogP contribution in [-0.4, -0.2) is 0 Å². The van der Waals surface area contributed by atoms with Gasteiger partial charge in [-0.15, -0.1) is 0 Å². The molecular formula is C26H26N2+2. The van der Waals surface area contributed by atoms with E-state index in [4.69, 9.17) is 0 Å². The largest absolute Gasteiger partial charge is 0.210 e. The van der Waals surface area contributed by atoms with E-state index in [9.17, 15) is 0 Å². The minimum absolute atomic E-state index is 0.893. The van der Waals surface area contributed by atoms with Crippen LogP contribution in [0.1, 0.15) is 24.5 Å².